The first-order chi connectivity index (χ1) is 12.2. The van der Waals surface area contributed by atoms with E-state index in [0.29, 0.717) is 6.54 Å². The molecule has 1 heterocycles. The number of likely N-dealkylation sites (N-methyl/N-ethyl adjacent to an activating group) is 1. The van der Waals surface area contributed by atoms with Gasteiger partial charge in [-0.25, -0.2) is 0 Å². The van der Waals surface area contributed by atoms with E-state index in [0.717, 1.165) is 24.5 Å². The highest BCUT2D eigenvalue weighted by Gasteiger charge is 2.13. The molecule has 1 amide bonds. The fraction of sp³-hybridized carbons (Fsp3) is 0.350. The molecule has 0 saturated carbocycles. The third-order valence-corrected chi connectivity index (χ3v) is 4.55. The number of carbonyl (C=O) groups is 1. The number of carbonyl (C=O) groups excluding carboxylic acids is 1. The quantitative estimate of drug-likeness (QED) is 0.846. The number of phenols is 1. The molecule has 2 aromatic rings. The maximum Gasteiger partial charge on any atom is 0.243 e. The van der Waals surface area contributed by atoms with Crippen molar-refractivity contribution in [1.82, 2.24) is 0 Å². The van der Waals surface area contributed by atoms with Crippen LogP contribution in [0.2, 0.25) is 0 Å². The average Bonchev–Trinajstić information content (AvgIpc) is 3.16. The van der Waals surface area contributed by atoms with Crippen LogP contribution >= 0.6 is 0 Å². The van der Waals surface area contributed by atoms with Crippen molar-refractivity contribution in [2.45, 2.75) is 19.8 Å². The van der Waals surface area contributed by atoms with Gasteiger partial charge >= 0.3 is 0 Å². The van der Waals surface area contributed by atoms with E-state index < -0.39 is 0 Å². The lowest BCUT2D eigenvalue weighted by atomic mass is 10.2. The molecule has 1 aliphatic rings. The maximum atomic E-state index is 12.4. The normalized spacial score (nSPS) is 13.7. The van der Waals surface area contributed by atoms with Crippen LogP contribution in [0.15, 0.2) is 48.5 Å². The Morgan fingerprint density at radius 1 is 1.08 bits per heavy atom. The number of aromatic hydroxyl groups is 1. The van der Waals surface area contributed by atoms with Gasteiger partial charge in [-0.2, -0.15) is 0 Å². The van der Waals surface area contributed by atoms with E-state index in [-0.39, 0.29) is 18.2 Å². The highest BCUT2D eigenvalue weighted by atomic mass is 16.3. The van der Waals surface area contributed by atoms with E-state index >= 15 is 0 Å². The van der Waals surface area contributed by atoms with Crippen LogP contribution < -0.4 is 15.1 Å². The zero-order valence-corrected chi connectivity index (χ0v) is 14.6. The van der Waals surface area contributed by atoms with Crippen LogP contribution in [0.4, 0.5) is 17.1 Å². The molecule has 0 bridgehead atoms. The van der Waals surface area contributed by atoms with Gasteiger partial charge in [0.05, 0.1) is 6.54 Å². The van der Waals surface area contributed by atoms with Gasteiger partial charge in [-0.3, -0.25) is 4.79 Å². The molecule has 0 spiro atoms. The van der Waals surface area contributed by atoms with E-state index in [1.54, 1.807) is 12.1 Å². The van der Waals surface area contributed by atoms with Crippen LogP contribution in [0, 0.1) is 0 Å². The molecule has 1 fully saturated rings. The Balaban J connectivity index is 1.58. The molecule has 2 N–H and O–H groups in total. The zero-order valence-electron chi connectivity index (χ0n) is 14.6. The van der Waals surface area contributed by atoms with E-state index in [4.69, 9.17) is 0 Å². The van der Waals surface area contributed by atoms with Crippen molar-refractivity contribution < 1.29 is 9.90 Å². The van der Waals surface area contributed by atoms with Crippen LogP contribution in [0.5, 0.6) is 5.75 Å². The van der Waals surface area contributed by atoms with Gasteiger partial charge in [0.15, 0.2) is 0 Å². The first kappa shape index (κ1) is 17.1. The van der Waals surface area contributed by atoms with Gasteiger partial charge in [0.25, 0.3) is 0 Å². The molecule has 0 aromatic heterocycles. The summed E-state index contributed by atoms with van der Waals surface area (Å²) in [5.74, 6) is 0.172. The van der Waals surface area contributed by atoms with Gasteiger partial charge in [-0.1, -0.05) is 0 Å². The number of phenolic OH excluding ortho intramolecular Hbond substituents is 1. The summed E-state index contributed by atoms with van der Waals surface area (Å²) < 4.78 is 0. The second-order valence-corrected chi connectivity index (χ2v) is 6.32. The topological polar surface area (TPSA) is 55.8 Å². The Hall–Kier alpha value is -2.69. The van der Waals surface area contributed by atoms with E-state index in [1.165, 1.54) is 18.5 Å². The largest absolute Gasteiger partial charge is 0.508 e. The van der Waals surface area contributed by atoms with Crippen LogP contribution in [0.25, 0.3) is 0 Å². The van der Waals surface area contributed by atoms with Gasteiger partial charge in [0.1, 0.15) is 5.75 Å². The predicted octanol–water partition coefficient (Wildman–Crippen LogP) is 3.46. The van der Waals surface area contributed by atoms with Gasteiger partial charge < -0.3 is 20.2 Å². The second-order valence-electron chi connectivity index (χ2n) is 6.32. The summed E-state index contributed by atoms with van der Waals surface area (Å²) in [6, 6.07) is 15.0. The SMILES string of the molecule is CCN(CC(=O)Nc1ccc(N2CCCC2)cc1)c1ccc(O)cc1. The molecular formula is C20H25N3O2. The Labute approximate surface area is 148 Å². The molecule has 0 radical (unpaired) electrons. The lowest BCUT2D eigenvalue weighted by molar-refractivity contribution is -0.115. The lowest BCUT2D eigenvalue weighted by Crippen LogP contribution is -2.33. The van der Waals surface area contributed by atoms with E-state index in [2.05, 4.69) is 22.3 Å². The Kier molecular flexibility index (Phi) is 5.43. The summed E-state index contributed by atoms with van der Waals surface area (Å²) in [6.07, 6.45) is 2.51. The number of benzene rings is 2. The van der Waals surface area contributed by atoms with Crippen LogP contribution in [0.1, 0.15) is 19.8 Å². The highest BCUT2D eigenvalue weighted by Crippen LogP contribution is 2.22. The van der Waals surface area contributed by atoms with Crippen LogP contribution in [-0.4, -0.2) is 37.2 Å². The second kappa shape index (κ2) is 7.92. The van der Waals surface area contributed by atoms with Crippen molar-refractivity contribution in [3.63, 3.8) is 0 Å². The van der Waals surface area contributed by atoms with E-state index in [9.17, 15) is 9.90 Å². The minimum absolute atomic E-state index is 0.0520. The summed E-state index contributed by atoms with van der Waals surface area (Å²) >= 11 is 0. The van der Waals surface area contributed by atoms with Crippen molar-refractivity contribution in [2.75, 3.05) is 41.3 Å². The molecule has 1 aliphatic heterocycles. The molecule has 0 atom stereocenters. The first-order valence-electron chi connectivity index (χ1n) is 8.84. The number of hydrogen-bond donors (Lipinski definition) is 2. The van der Waals surface area contributed by atoms with Gasteiger partial charge in [0, 0.05) is 36.7 Å². The molecule has 0 unspecified atom stereocenters. The molecule has 5 nitrogen and oxygen atoms in total. The highest BCUT2D eigenvalue weighted by molar-refractivity contribution is 5.94. The predicted molar refractivity (Wildman–Crippen MR) is 103 cm³/mol. The molecule has 3 rings (SSSR count). The van der Waals surface area contributed by atoms with E-state index in [1.807, 2.05) is 36.1 Å². The molecule has 2 aromatic carbocycles. The van der Waals surface area contributed by atoms with Crippen molar-refractivity contribution >= 4 is 23.0 Å². The zero-order chi connectivity index (χ0) is 17.6. The average molecular weight is 339 g/mol. The number of rotatable bonds is 6. The summed E-state index contributed by atoms with van der Waals surface area (Å²) in [5.41, 5.74) is 2.95. The number of nitrogens with zero attached hydrogens (tertiary/aromatic N) is 2. The van der Waals surface area contributed by atoms with Gasteiger partial charge in [-0.05, 0) is 68.3 Å². The minimum atomic E-state index is -0.0520. The minimum Gasteiger partial charge on any atom is -0.508 e. The lowest BCUT2D eigenvalue weighted by Gasteiger charge is -2.22. The third kappa shape index (κ3) is 4.44. The Morgan fingerprint density at radius 2 is 1.72 bits per heavy atom. The van der Waals surface area contributed by atoms with Crippen LogP contribution in [-0.2, 0) is 4.79 Å². The summed E-state index contributed by atoms with van der Waals surface area (Å²) in [6.45, 7) is 5.22. The smallest absolute Gasteiger partial charge is 0.243 e. The summed E-state index contributed by atoms with van der Waals surface area (Å²) in [5, 5.41) is 12.3. The van der Waals surface area contributed by atoms with Crippen LogP contribution in [0.3, 0.4) is 0 Å². The fourth-order valence-electron chi connectivity index (χ4n) is 3.15. The van der Waals surface area contributed by atoms with Crippen molar-refractivity contribution in [1.29, 1.82) is 0 Å². The molecule has 5 heteroatoms. The molecular weight excluding hydrogens is 314 g/mol. The summed E-state index contributed by atoms with van der Waals surface area (Å²) in [4.78, 5) is 16.7. The molecule has 25 heavy (non-hydrogen) atoms. The molecule has 1 saturated heterocycles. The monoisotopic (exact) mass is 339 g/mol. The standard InChI is InChI=1S/C20H25N3O2/c1-2-22(17-9-11-19(24)12-10-17)15-20(25)21-16-5-7-18(8-6-16)23-13-3-4-14-23/h5-12,24H,2-4,13-15H2,1H3,(H,21,25). The molecule has 132 valence electrons. The number of amides is 1. The van der Waals surface area contributed by atoms with Crippen molar-refractivity contribution in [2.24, 2.45) is 0 Å². The van der Waals surface area contributed by atoms with Gasteiger partial charge in [0.2, 0.25) is 5.91 Å². The molecule has 0 aliphatic carbocycles. The fourth-order valence-corrected chi connectivity index (χ4v) is 3.15. The number of anilines is 3. The first-order valence-corrected chi connectivity index (χ1v) is 8.84. The third-order valence-electron chi connectivity index (χ3n) is 4.55. The maximum absolute atomic E-state index is 12.4. The summed E-state index contributed by atoms with van der Waals surface area (Å²) in [7, 11) is 0. The van der Waals surface area contributed by atoms with Gasteiger partial charge in [-0.15, -0.1) is 0 Å². The number of nitrogens with one attached hydrogen (secondary N) is 1. The number of hydrogen-bond acceptors (Lipinski definition) is 4. The van der Waals surface area contributed by atoms with Crippen molar-refractivity contribution in [3.05, 3.63) is 48.5 Å². The Morgan fingerprint density at radius 3 is 2.32 bits per heavy atom. The van der Waals surface area contributed by atoms with Crippen molar-refractivity contribution in [3.8, 4) is 5.75 Å². The Bertz CT molecular complexity index is 692.